The SMILES string of the molecule is O=C(Cn1nc(-c2ccc(F)c(F)c2)c2ccccc2c1=O)Nc1cccc(C(=O)NC2CC2)c1. The van der Waals surface area contributed by atoms with Crippen molar-refractivity contribution in [2.45, 2.75) is 25.4 Å². The van der Waals surface area contributed by atoms with E-state index in [4.69, 9.17) is 0 Å². The third-order valence-electron chi connectivity index (χ3n) is 5.68. The molecule has 9 heteroatoms. The van der Waals surface area contributed by atoms with Crippen molar-refractivity contribution in [2.24, 2.45) is 0 Å². The highest BCUT2D eigenvalue weighted by atomic mass is 19.2. The largest absolute Gasteiger partial charge is 0.349 e. The van der Waals surface area contributed by atoms with Crippen molar-refractivity contribution < 1.29 is 18.4 Å². The van der Waals surface area contributed by atoms with E-state index < -0.39 is 29.6 Å². The van der Waals surface area contributed by atoms with Crippen molar-refractivity contribution in [2.75, 3.05) is 5.32 Å². The summed E-state index contributed by atoms with van der Waals surface area (Å²) in [6.45, 7) is -0.418. The molecule has 5 rings (SSSR count). The summed E-state index contributed by atoms with van der Waals surface area (Å²) in [6, 6.07) is 16.6. The number of carbonyl (C=O) groups excluding carboxylic acids is 2. The van der Waals surface area contributed by atoms with Crippen molar-refractivity contribution in [3.63, 3.8) is 0 Å². The monoisotopic (exact) mass is 474 g/mol. The van der Waals surface area contributed by atoms with Crippen LogP contribution in [0.3, 0.4) is 0 Å². The van der Waals surface area contributed by atoms with E-state index in [2.05, 4.69) is 15.7 Å². The third-order valence-corrected chi connectivity index (χ3v) is 5.68. The van der Waals surface area contributed by atoms with Gasteiger partial charge in [-0.05, 0) is 55.3 Å². The molecule has 0 atom stereocenters. The zero-order valence-electron chi connectivity index (χ0n) is 18.4. The minimum atomic E-state index is -1.05. The van der Waals surface area contributed by atoms with Crippen molar-refractivity contribution >= 4 is 28.3 Å². The van der Waals surface area contributed by atoms with Crippen LogP contribution < -0.4 is 16.2 Å². The Hall–Kier alpha value is -4.40. The molecule has 4 aromatic rings. The second-order valence-corrected chi connectivity index (χ2v) is 8.36. The Labute approximate surface area is 198 Å². The molecule has 0 bridgehead atoms. The number of nitrogens with zero attached hydrogens (tertiary/aromatic N) is 2. The molecule has 2 amide bonds. The quantitative estimate of drug-likeness (QED) is 0.444. The van der Waals surface area contributed by atoms with Crippen LogP contribution in [0.5, 0.6) is 0 Å². The number of carbonyl (C=O) groups is 2. The molecular formula is C26H20F2N4O3. The molecule has 1 aliphatic carbocycles. The Balaban J connectivity index is 1.43. The lowest BCUT2D eigenvalue weighted by molar-refractivity contribution is -0.117. The average molecular weight is 474 g/mol. The molecule has 176 valence electrons. The number of anilines is 1. The molecule has 2 N–H and O–H groups in total. The van der Waals surface area contributed by atoms with Crippen LogP contribution in [0.4, 0.5) is 14.5 Å². The third kappa shape index (κ3) is 4.79. The van der Waals surface area contributed by atoms with Crippen LogP contribution in [0.2, 0.25) is 0 Å². The number of halogens is 2. The van der Waals surface area contributed by atoms with Crippen LogP contribution in [0.15, 0.2) is 71.5 Å². The molecule has 0 unspecified atom stereocenters. The summed E-state index contributed by atoms with van der Waals surface area (Å²) in [5, 5.41) is 10.6. The second-order valence-electron chi connectivity index (χ2n) is 8.36. The molecule has 1 fully saturated rings. The maximum atomic E-state index is 13.9. The number of hydrogen-bond acceptors (Lipinski definition) is 4. The smallest absolute Gasteiger partial charge is 0.275 e. The van der Waals surface area contributed by atoms with Crippen molar-refractivity contribution in [3.05, 3.63) is 94.3 Å². The highest BCUT2D eigenvalue weighted by Gasteiger charge is 2.24. The Bertz CT molecular complexity index is 1530. The fourth-order valence-corrected chi connectivity index (χ4v) is 3.77. The number of fused-ring (bicyclic) bond motifs is 1. The summed E-state index contributed by atoms with van der Waals surface area (Å²) in [7, 11) is 0. The van der Waals surface area contributed by atoms with E-state index in [1.165, 1.54) is 6.07 Å². The van der Waals surface area contributed by atoms with Crippen molar-refractivity contribution in [1.82, 2.24) is 15.1 Å². The maximum Gasteiger partial charge on any atom is 0.275 e. The van der Waals surface area contributed by atoms with Gasteiger partial charge >= 0.3 is 0 Å². The van der Waals surface area contributed by atoms with Gasteiger partial charge in [0.2, 0.25) is 5.91 Å². The molecule has 1 heterocycles. The van der Waals surface area contributed by atoms with Gasteiger partial charge in [-0.2, -0.15) is 5.10 Å². The molecular weight excluding hydrogens is 454 g/mol. The minimum Gasteiger partial charge on any atom is -0.349 e. The normalized spacial score (nSPS) is 13.0. The number of amides is 2. The molecule has 0 spiro atoms. The summed E-state index contributed by atoms with van der Waals surface area (Å²) in [4.78, 5) is 38.1. The molecule has 1 aliphatic rings. The Morgan fingerprint density at radius 2 is 1.71 bits per heavy atom. The fraction of sp³-hybridized carbons (Fsp3) is 0.154. The predicted molar refractivity (Wildman–Crippen MR) is 127 cm³/mol. The minimum absolute atomic E-state index is 0.204. The Kier molecular flexibility index (Phi) is 5.82. The lowest BCUT2D eigenvalue weighted by Crippen LogP contribution is -2.30. The van der Waals surface area contributed by atoms with Crippen LogP contribution >= 0.6 is 0 Å². The lowest BCUT2D eigenvalue weighted by atomic mass is 10.0. The maximum absolute atomic E-state index is 13.9. The fourth-order valence-electron chi connectivity index (χ4n) is 3.77. The van der Waals surface area contributed by atoms with Gasteiger partial charge in [-0.1, -0.05) is 24.3 Å². The second kappa shape index (κ2) is 9.09. The lowest BCUT2D eigenvalue weighted by Gasteiger charge is -2.12. The highest BCUT2D eigenvalue weighted by molar-refractivity contribution is 5.98. The van der Waals surface area contributed by atoms with Crippen molar-refractivity contribution in [1.29, 1.82) is 0 Å². The molecule has 35 heavy (non-hydrogen) atoms. The predicted octanol–water partition coefficient (Wildman–Crippen LogP) is 3.87. The van der Waals surface area contributed by atoms with Gasteiger partial charge in [-0.25, -0.2) is 13.5 Å². The first-order valence-corrected chi connectivity index (χ1v) is 11.0. The van der Waals surface area contributed by atoms with Gasteiger partial charge in [0.25, 0.3) is 11.5 Å². The number of benzene rings is 3. The summed E-state index contributed by atoms with van der Waals surface area (Å²) in [5.74, 6) is -2.80. The molecule has 1 saturated carbocycles. The van der Waals surface area contributed by atoms with Gasteiger partial charge in [0.1, 0.15) is 6.54 Å². The first-order valence-electron chi connectivity index (χ1n) is 11.0. The highest BCUT2D eigenvalue weighted by Crippen LogP contribution is 2.26. The summed E-state index contributed by atoms with van der Waals surface area (Å²) in [5.41, 5.74) is 0.818. The zero-order chi connectivity index (χ0) is 24.5. The van der Waals surface area contributed by atoms with E-state index in [-0.39, 0.29) is 28.6 Å². The average Bonchev–Trinajstić information content (AvgIpc) is 3.67. The molecule has 1 aromatic heterocycles. The summed E-state index contributed by atoms with van der Waals surface area (Å²) >= 11 is 0. The van der Waals surface area contributed by atoms with E-state index in [1.807, 2.05) is 0 Å². The molecule has 0 aliphatic heterocycles. The van der Waals surface area contributed by atoms with Crippen molar-refractivity contribution in [3.8, 4) is 11.3 Å². The number of hydrogen-bond donors (Lipinski definition) is 2. The van der Waals surface area contributed by atoms with Crippen LogP contribution in [0.1, 0.15) is 23.2 Å². The first kappa shape index (κ1) is 22.4. The van der Waals surface area contributed by atoms with E-state index in [1.54, 1.807) is 48.5 Å². The van der Waals surface area contributed by atoms with Crippen LogP contribution in [0, 0.1) is 11.6 Å². The van der Waals surface area contributed by atoms with E-state index in [9.17, 15) is 23.2 Å². The van der Waals surface area contributed by atoms with Gasteiger partial charge < -0.3 is 10.6 Å². The topological polar surface area (TPSA) is 93.1 Å². The molecule has 0 saturated heterocycles. The summed E-state index contributed by atoms with van der Waals surface area (Å²) in [6.07, 6.45) is 1.92. The number of aromatic nitrogens is 2. The number of nitrogens with one attached hydrogen (secondary N) is 2. The van der Waals surface area contributed by atoms with E-state index in [0.29, 0.717) is 16.6 Å². The Morgan fingerprint density at radius 1 is 0.943 bits per heavy atom. The standard InChI is InChI=1S/C26H20F2N4O3/c27-21-11-8-15(13-22(21)28)24-19-6-1-2-7-20(19)26(35)32(31-24)14-23(33)29-18-5-3-4-16(12-18)25(34)30-17-9-10-17/h1-8,11-13,17H,9-10,14H2,(H,29,33)(H,30,34). The summed E-state index contributed by atoms with van der Waals surface area (Å²) < 4.78 is 28.3. The first-order chi connectivity index (χ1) is 16.9. The van der Waals surface area contributed by atoms with E-state index in [0.717, 1.165) is 29.7 Å². The molecule has 0 radical (unpaired) electrons. The van der Waals surface area contributed by atoms with Crippen LogP contribution in [-0.2, 0) is 11.3 Å². The molecule has 7 nitrogen and oxygen atoms in total. The van der Waals surface area contributed by atoms with E-state index >= 15 is 0 Å². The van der Waals surface area contributed by atoms with Gasteiger partial charge in [0.15, 0.2) is 11.6 Å². The van der Waals surface area contributed by atoms with Crippen LogP contribution in [0.25, 0.3) is 22.0 Å². The van der Waals surface area contributed by atoms with Gasteiger partial charge in [0, 0.05) is 28.2 Å². The van der Waals surface area contributed by atoms with Gasteiger partial charge in [-0.3, -0.25) is 14.4 Å². The van der Waals surface area contributed by atoms with Gasteiger partial charge in [0.05, 0.1) is 11.1 Å². The van der Waals surface area contributed by atoms with Crippen LogP contribution in [-0.4, -0.2) is 27.6 Å². The molecule has 3 aromatic carbocycles. The van der Waals surface area contributed by atoms with Gasteiger partial charge in [-0.15, -0.1) is 0 Å². The zero-order valence-corrected chi connectivity index (χ0v) is 18.4. The Morgan fingerprint density at radius 3 is 2.46 bits per heavy atom. The number of rotatable bonds is 6.